The van der Waals surface area contributed by atoms with E-state index in [2.05, 4.69) is 20.8 Å². The average Bonchev–Trinajstić information content (AvgIpc) is 2.77. The van der Waals surface area contributed by atoms with Crippen molar-refractivity contribution in [2.24, 2.45) is 0 Å². The van der Waals surface area contributed by atoms with Crippen molar-refractivity contribution in [3.05, 3.63) is 0 Å². The van der Waals surface area contributed by atoms with E-state index >= 15 is 0 Å². The van der Waals surface area contributed by atoms with Gasteiger partial charge in [-0.25, -0.2) is 0 Å². The van der Waals surface area contributed by atoms with E-state index < -0.39 is 18.4 Å². The second-order valence-electron chi connectivity index (χ2n) is 3.70. The molecule has 0 heterocycles. The first kappa shape index (κ1) is 8.89. The SMILES string of the molecule is C[CH2][Sn]([CH2]C)([CH2]C)[CH]1CC1. The Bertz CT molecular complexity index is 93.0. The van der Waals surface area contributed by atoms with Crippen molar-refractivity contribution in [3.8, 4) is 0 Å². The van der Waals surface area contributed by atoms with Crippen molar-refractivity contribution >= 4 is 18.4 Å². The van der Waals surface area contributed by atoms with E-state index in [1.54, 1.807) is 26.2 Å². The van der Waals surface area contributed by atoms with E-state index in [1.807, 2.05) is 0 Å². The van der Waals surface area contributed by atoms with E-state index in [1.165, 1.54) is 3.93 Å². The summed E-state index contributed by atoms with van der Waals surface area (Å²) in [5.41, 5.74) is 0. The van der Waals surface area contributed by atoms with Gasteiger partial charge in [-0.3, -0.25) is 0 Å². The van der Waals surface area contributed by atoms with Gasteiger partial charge in [-0.15, -0.1) is 0 Å². The van der Waals surface area contributed by atoms with Crippen molar-refractivity contribution in [3.63, 3.8) is 0 Å². The van der Waals surface area contributed by atoms with Crippen LogP contribution in [0.4, 0.5) is 0 Å². The molecule has 0 bridgehead atoms. The molecule has 0 spiro atoms. The van der Waals surface area contributed by atoms with Crippen LogP contribution in [0, 0.1) is 0 Å². The fourth-order valence-corrected chi connectivity index (χ4v) is 15.5. The van der Waals surface area contributed by atoms with Crippen LogP contribution in [0.25, 0.3) is 0 Å². The van der Waals surface area contributed by atoms with Crippen LogP contribution in [-0.2, 0) is 0 Å². The second-order valence-corrected chi connectivity index (χ2v) is 19.9. The van der Waals surface area contributed by atoms with Crippen molar-refractivity contribution in [1.29, 1.82) is 0 Å². The van der Waals surface area contributed by atoms with Gasteiger partial charge in [0.1, 0.15) is 0 Å². The van der Waals surface area contributed by atoms with Gasteiger partial charge in [-0.2, -0.15) is 0 Å². The molecule has 0 unspecified atom stereocenters. The zero-order valence-corrected chi connectivity index (χ0v) is 10.5. The van der Waals surface area contributed by atoms with Crippen molar-refractivity contribution in [2.45, 2.75) is 50.9 Å². The summed E-state index contributed by atoms with van der Waals surface area (Å²) in [6, 6.07) is 0. The van der Waals surface area contributed by atoms with Crippen molar-refractivity contribution < 1.29 is 0 Å². The molecular formula is C9H20Sn. The van der Waals surface area contributed by atoms with Crippen LogP contribution >= 0.6 is 0 Å². The molecule has 0 nitrogen and oxygen atoms in total. The molecule has 60 valence electrons. The molecule has 1 rings (SSSR count). The third-order valence-electron chi connectivity index (χ3n) is 3.56. The zero-order valence-electron chi connectivity index (χ0n) is 7.61. The molecule has 0 atom stereocenters. The van der Waals surface area contributed by atoms with Gasteiger partial charge in [-0.05, 0) is 0 Å². The maximum absolute atomic E-state index is 2.45. The van der Waals surface area contributed by atoms with Gasteiger partial charge in [0, 0.05) is 0 Å². The van der Waals surface area contributed by atoms with Crippen LogP contribution in [-0.4, -0.2) is 18.4 Å². The summed E-state index contributed by atoms with van der Waals surface area (Å²) < 4.78 is 6.11. The summed E-state index contributed by atoms with van der Waals surface area (Å²) in [7, 11) is 0. The standard InChI is InChI=1S/C3H5.3C2H5.Sn/c1-2-3-1;3*1-2;/h1H,2-3H2;3*1H2,2H3;. The topological polar surface area (TPSA) is 0 Å². The van der Waals surface area contributed by atoms with Gasteiger partial charge in [-0.1, -0.05) is 0 Å². The first-order valence-electron chi connectivity index (χ1n) is 4.79. The predicted octanol–water partition coefficient (Wildman–Crippen LogP) is 3.66. The Balaban J connectivity index is 2.52. The van der Waals surface area contributed by atoms with Crippen LogP contribution < -0.4 is 0 Å². The quantitative estimate of drug-likeness (QED) is 0.665. The molecule has 10 heavy (non-hydrogen) atoms. The molecule has 1 saturated carbocycles. The Morgan fingerprint density at radius 2 is 1.40 bits per heavy atom. The summed E-state index contributed by atoms with van der Waals surface area (Å²) in [4.78, 5) is 0. The first-order chi connectivity index (χ1) is 4.79. The zero-order chi connectivity index (χ0) is 7.61. The maximum atomic E-state index is 2.45. The molecular weight excluding hydrogens is 227 g/mol. The molecule has 1 aliphatic carbocycles. The van der Waals surface area contributed by atoms with E-state index in [4.69, 9.17) is 0 Å². The monoisotopic (exact) mass is 248 g/mol. The number of rotatable bonds is 4. The van der Waals surface area contributed by atoms with E-state index in [0.717, 1.165) is 0 Å². The van der Waals surface area contributed by atoms with Gasteiger partial charge < -0.3 is 0 Å². The fourth-order valence-electron chi connectivity index (χ4n) is 2.31. The minimum atomic E-state index is -1.41. The third kappa shape index (κ3) is 1.51. The first-order valence-corrected chi connectivity index (χ1v) is 12.5. The molecule has 0 saturated heterocycles. The summed E-state index contributed by atoms with van der Waals surface area (Å²) in [5.74, 6) is 0. The summed E-state index contributed by atoms with van der Waals surface area (Å²) in [6.45, 7) is 7.34. The van der Waals surface area contributed by atoms with Crippen LogP contribution in [0.15, 0.2) is 0 Å². The molecule has 0 radical (unpaired) electrons. The molecule has 0 aromatic carbocycles. The molecule has 1 fully saturated rings. The van der Waals surface area contributed by atoms with Gasteiger partial charge >= 0.3 is 69.2 Å². The Hall–Kier alpha value is 0.799. The van der Waals surface area contributed by atoms with Crippen molar-refractivity contribution in [2.75, 3.05) is 0 Å². The third-order valence-corrected chi connectivity index (χ3v) is 22.2. The Labute approximate surface area is 69.3 Å². The van der Waals surface area contributed by atoms with Gasteiger partial charge in [0.15, 0.2) is 0 Å². The van der Waals surface area contributed by atoms with E-state index in [0.29, 0.717) is 0 Å². The molecule has 0 N–H and O–H groups in total. The number of hydrogen-bond donors (Lipinski definition) is 0. The summed E-state index contributed by atoms with van der Waals surface area (Å²) in [6.07, 6.45) is 3.21. The fraction of sp³-hybridized carbons (Fsp3) is 1.00. The normalized spacial score (nSPS) is 19.5. The average molecular weight is 247 g/mol. The van der Waals surface area contributed by atoms with Gasteiger partial charge in [0.2, 0.25) is 0 Å². The molecule has 1 heteroatoms. The molecule has 0 aliphatic heterocycles. The van der Waals surface area contributed by atoms with Gasteiger partial charge in [0.05, 0.1) is 0 Å². The number of hydrogen-bond acceptors (Lipinski definition) is 0. The van der Waals surface area contributed by atoms with E-state index in [9.17, 15) is 0 Å². The second kappa shape index (κ2) is 3.46. The van der Waals surface area contributed by atoms with E-state index in [-0.39, 0.29) is 0 Å². The van der Waals surface area contributed by atoms with Gasteiger partial charge in [0.25, 0.3) is 0 Å². The molecule has 0 aromatic heterocycles. The molecule has 0 amide bonds. The minimum absolute atomic E-state index is 1.30. The predicted molar refractivity (Wildman–Crippen MR) is 50.2 cm³/mol. The van der Waals surface area contributed by atoms with Crippen LogP contribution in [0.5, 0.6) is 0 Å². The van der Waals surface area contributed by atoms with Crippen LogP contribution in [0.2, 0.25) is 17.2 Å². The molecule has 0 aromatic rings. The Morgan fingerprint density at radius 3 is 1.50 bits per heavy atom. The Morgan fingerprint density at radius 1 is 1.00 bits per heavy atom. The Kier molecular flexibility index (Phi) is 3.08. The molecule has 1 aliphatic rings. The summed E-state index contributed by atoms with van der Waals surface area (Å²) in [5, 5.41) is 0. The van der Waals surface area contributed by atoms with Crippen LogP contribution in [0.1, 0.15) is 33.6 Å². The summed E-state index contributed by atoms with van der Waals surface area (Å²) >= 11 is -1.41. The van der Waals surface area contributed by atoms with Crippen LogP contribution in [0.3, 0.4) is 0 Å². The van der Waals surface area contributed by atoms with Crippen molar-refractivity contribution in [1.82, 2.24) is 0 Å².